The van der Waals surface area contributed by atoms with Gasteiger partial charge in [0.25, 0.3) is 0 Å². The zero-order chi connectivity index (χ0) is 48.6. The van der Waals surface area contributed by atoms with E-state index in [9.17, 15) is 0 Å². The number of fused-ring (bicyclic) bond motifs is 5. The van der Waals surface area contributed by atoms with Crippen molar-refractivity contribution >= 4 is 34.1 Å². The van der Waals surface area contributed by atoms with Gasteiger partial charge in [-0.05, 0) is 232 Å². The molecule has 2 heteroatoms. The second-order valence-electron chi connectivity index (χ2n) is 21.7. The Morgan fingerprint density at radius 2 is 0.746 bits per heavy atom. The van der Waals surface area contributed by atoms with Gasteiger partial charge in [-0.2, -0.15) is 0 Å². The molecule has 3 aliphatic carbocycles. The van der Waals surface area contributed by atoms with Gasteiger partial charge in [0.2, 0.25) is 0 Å². The predicted molar refractivity (Wildman–Crippen MR) is 302 cm³/mol. The van der Waals surface area contributed by atoms with E-state index in [1.807, 2.05) is 0 Å². The maximum absolute atomic E-state index is 2.63. The van der Waals surface area contributed by atoms with Gasteiger partial charge in [0, 0.05) is 28.2 Å². The highest BCUT2D eigenvalue weighted by Crippen LogP contribution is 2.57. The molecule has 0 N–H and O–H groups in total. The Morgan fingerprint density at radius 1 is 0.352 bits per heavy atom. The Kier molecular flexibility index (Phi) is 13.1. The lowest BCUT2D eigenvalue weighted by Gasteiger charge is -2.36. The maximum atomic E-state index is 2.63. The van der Waals surface area contributed by atoms with Gasteiger partial charge < -0.3 is 9.80 Å². The minimum absolute atomic E-state index is 0.165. The molecule has 0 radical (unpaired) electrons. The van der Waals surface area contributed by atoms with E-state index in [-0.39, 0.29) is 5.41 Å². The van der Waals surface area contributed by atoms with Crippen molar-refractivity contribution in [2.45, 2.75) is 137 Å². The van der Waals surface area contributed by atoms with Crippen LogP contribution < -0.4 is 9.80 Å². The van der Waals surface area contributed by atoms with Gasteiger partial charge in [-0.3, -0.25) is 0 Å². The Labute approximate surface area is 425 Å². The van der Waals surface area contributed by atoms with E-state index in [4.69, 9.17) is 0 Å². The number of benzene rings is 8. The van der Waals surface area contributed by atoms with E-state index in [1.165, 1.54) is 165 Å². The lowest BCUT2D eigenvalue weighted by molar-refractivity contribution is 0.402. The second kappa shape index (κ2) is 19.9. The van der Waals surface area contributed by atoms with Crippen LogP contribution in [0, 0.1) is 41.5 Å². The zero-order valence-electron chi connectivity index (χ0n) is 43.3. The summed E-state index contributed by atoms with van der Waals surface area (Å²) in [4.78, 5) is 5.10. The molecule has 0 spiro atoms. The molecule has 8 aromatic carbocycles. The molecule has 0 atom stereocenters. The average molecular weight is 929 g/mol. The first-order valence-electron chi connectivity index (χ1n) is 27.0. The number of unbranched alkanes of at least 4 members (excludes halogenated alkanes) is 4. The molecule has 8 aromatic rings. The summed E-state index contributed by atoms with van der Waals surface area (Å²) in [6, 6.07) is 61.2. The van der Waals surface area contributed by atoms with Crippen LogP contribution in [0.15, 0.2) is 158 Å². The van der Waals surface area contributed by atoms with Crippen molar-refractivity contribution in [3.8, 4) is 11.1 Å². The lowest BCUT2D eigenvalue weighted by Crippen LogP contribution is -2.26. The third-order valence-corrected chi connectivity index (χ3v) is 16.6. The Morgan fingerprint density at radius 3 is 1.11 bits per heavy atom. The van der Waals surface area contributed by atoms with Crippen LogP contribution in [0.1, 0.15) is 129 Å². The van der Waals surface area contributed by atoms with Crippen molar-refractivity contribution in [3.05, 3.63) is 236 Å². The van der Waals surface area contributed by atoms with Crippen molar-refractivity contribution < 1.29 is 0 Å². The normalized spacial score (nSPS) is 13.7. The molecule has 0 heterocycles. The quantitative estimate of drug-likeness (QED) is 0.0791. The number of nitrogens with zero attached hydrogens (tertiary/aromatic N) is 2. The smallest absolute Gasteiger partial charge is 0.0520 e. The first-order valence-corrected chi connectivity index (χ1v) is 27.0. The fourth-order valence-corrected chi connectivity index (χ4v) is 13.1. The van der Waals surface area contributed by atoms with Crippen molar-refractivity contribution in [3.63, 3.8) is 0 Å². The number of rotatable bonds is 18. The van der Waals surface area contributed by atoms with Crippen molar-refractivity contribution in [2.75, 3.05) is 9.80 Å². The number of para-hydroxylation sites is 2. The Balaban J connectivity index is 1.03. The highest BCUT2D eigenvalue weighted by atomic mass is 15.2. The van der Waals surface area contributed by atoms with E-state index < -0.39 is 0 Å². The number of aryl methyl sites for hydroxylation is 12. The largest absolute Gasteiger partial charge is 0.310 e. The molecule has 0 bridgehead atoms. The summed E-state index contributed by atoms with van der Waals surface area (Å²) < 4.78 is 0. The molecule has 2 nitrogen and oxygen atoms in total. The van der Waals surface area contributed by atoms with Gasteiger partial charge in [-0.15, -0.1) is 0 Å². The molecule has 0 aromatic heterocycles. The van der Waals surface area contributed by atoms with Crippen LogP contribution in [0.2, 0.25) is 0 Å². The standard InChI is InChI=1S/C69H72N2/c1-47-39-49(3)67(50(4)40-47)70(59-21-13-7-14-22-59)61-33-35-63-64-36-34-62(71(60-23-15-8-16-24-60)68-51(5)41-48(2)42-52(68)6)46-66(64)69(65(63)45-61,37-17-9-11-19-53-25-27-55-29-31-57(55)43-53)38-18-10-12-20-54-26-28-56-30-32-58(56)44-54/h7-8,13-16,21-28,33-36,39-46H,9-12,17-20,29-32,37-38H2,1-6H3. The summed E-state index contributed by atoms with van der Waals surface area (Å²) in [5, 5.41) is 0. The maximum Gasteiger partial charge on any atom is 0.0520 e. The fraction of sp³-hybridized carbons (Fsp3) is 0.304. The topological polar surface area (TPSA) is 6.48 Å². The van der Waals surface area contributed by atoms with Crippen molar-refractivity contribution in [2.24, 2.45) is 0 Å². The molecule has 358 valence electrons. The number of hydrogen-bond acceptors (Lipinski definition) is 2. The molecule has 0 saturated heterocycles. The Bertz CT molecular complexity index is 2970. The van der Waals surface area contributed by atoms with Gasteiger partial charge in [-0.1, -0.05) is 146 Å². The van der Waals surface area contributed by atoms with Crippen LogP contribution >= 0.6 is 0 Å². The number of hydrogen-bond donors (Lipinski definition) is 0. The first-order chi connectivity index (χ1) is 34.6. The molecule has 11 rings (SSSR count). The fourth-order valence-electron chi connectivity index (χ4n) is 13.1. The highest BCUT2D eigenvalue weighted by molar-refractivity contribution is 5.90. The van der Waals surface area contributed by atoms with Gasteiger partial charge in [0.1, 0.15) is 0 Å². The van der Waals surface area contributed by atoms with Crippen molar-refractivity contribution in [1.29, 1.82) is 0 Å². The number of anilines is 6. The van der Waals surface area contributed by atoms with Gasteiger partial charge in [0.15, 0.2) is 0 Å². The average Bonchev–Trinajstić information content (AvgIpc) is 3.60. The molecule has 0 fully saturated rings. The minimum Gasteiger partial charge on any atom is -0.310 e. The van der Waals surface area contributed by atoms with Crippen LogP contribution in [0.5, 0.6) is 0 Å². The molecule has 3 aliphatic rings. The van der Waals surface area contributed by atoms with E-state index in [2.05, 4.69) is 209 Å². The van der Waals surface area contributed by atoms with Gasteiger partial charge in [0.05, 0.1) is 11.4 Å². The predicted octanol–water partition coefficient (Wildman–Crippen LogP) is 18.5. The molecule has 0 saturated carbocycles. The lowest BCUT2D eigenvalue weighted by atomic mass is 9.70. The van der Waals surface area contributed by atoms with Gasteiger partial charge >= 0.3 is 0 Å². The minimum atomic E-state index is -0.165. The van der Waals surface area contributed by atoms with Crippen LogP contribution in [0.4, 0.5) is 34.1 Å². The van der Waals surface area contributed by atoms with Crippen LogP contribution in [-0.2, 0) is 43.9 Å². The summed E-state index contributed by atoms with van der Waals surface area (Å²) >= 11 is 0. The molecule has 0 aliphatic heterocycles. The molecule has 0 amide bonds. The summed E-state index contributed by atoms with van der Waals surface area (Å²) in [6.45, 7) is 13.6. The third-order valence-electron chi connectivity index (χ3n) is 16.6. The van der Waals surface area contributed by atoms with Gasteiger partial charge in [-0.25, -0.2) is 0 Å². The summed E-state index contributed by atoms with van der Waals surface area (Å²) in [5.41, 5.74) is 30.2. The third kappa shape index (κ3) is 9.16. The zero-order valence-corrected chi connectivity index (χ0v) is 43.3. The molecular weight excluding hydrogens is 857 g/mol. The van der Waals surface area contributed by atoms with Crippen LogP contribution in [-0.4, -0.2) is 0 Å². The first kappa shape index (κ1) is 46.7. The van der Waals surface area contributed by atoms with Crippen LogP contribution in [0.25, 0.3) is 11.1 Å². The second-order valence-corrected chi connectivity index (χ2v) is 21.7. The monoisotopic (exact) mass is 929 g/mol. The van der Waals surface area contributed by atoms with Crippen LogP contribution in [0.3, 0.4) is 0 Å². The molecule has 0 unspecified atom stereocenters. The Hall–Kier alpha value is -6.64. The van der Waals surface area contributed by atoms with Crippen molar-refractivity contribution in [1.82, 2.24) is 0 Å². The highest BCUT2D eigenvalue weighted by Gasteiger charge is 2.43. The van der Waals surface area contributed by atoms with E-state index in [0.717, 1.165) is 25.7 Å². The summed E-state index contributed by atoms with van der Waals surface area (Å²) in [5.74, 6) is 0. The summed E-state index contributed by atoms with van der Waals surface area (Å²) in [7, 11) is 0. The SMILES string of the molecule is Cc1cc(C)c(N(c2ccccc2)c2ccc3c(c2)C(CCCCCc2ccc4c(c2)CC4)(CCCCCc2ccc4c(c2)CC4)c2cc(N(c4ccccc4)c4c(C)cc(C)cc4C)ccc2-3)c(C)c1. The van der Waals surface area contributed by atoms with E-state index >= 15 is 0 Å². The molecule has 71 heavy (non-hydrogen) atoms. The summed E-state index contributed by atoms with van der Waals surface area (Å²) in [6.07, 6.45) is 16.8. The van der Waals surface area contributed by atoms with E-state index in [1.54, 1.807) is 22.3 Å². The van der Waals surface area contributed by atoms with E-state index in [0.29, 0.717) is 0 Å². The molecular formula is C69H72N2.